The van der Waals surface area contributed by atoms with Gasteiger partial charge in [-0.25, -0.2) is 9.78 Å². The normalized spacial score (nSPS) is 11.4. The molecular weight excluding hydrogens is 376 g/mol. The molecule has 0 saturated carbocycles. The number of ether oxygens (including phenoxy) is 1. The van der Waals surface area contributed by atoms with Crippen molar-refractivity contribution in [3.63, 3.8) is 0 Å². The summed E-state index contributed by atoms with van der Waals surface area (Å²) in [5.74, 6) is 0.503. The summed E-state index contributed by atoms with van der Waals surface area (Å²) < 4.78 is 8.03. The van der Waals surface area contributed by atoms with E-state index in [4.69, 9.17) is 9.84 Å². The summed E-state index contributed by atoms with van der Waals surface area (Å²) in [6.07, 6.45) is 11.9. The first-order chi connectivity index (χ1) is 14.7. The predicted octanol–water partition coefficient (Wildman–Crippen LogP) is 5.38. The molecule has 0 amide bonds. The van der Waals surface area contributed by atoms with Gasteiger partial charge in [-0.05, 0) is 55.7 Å². The Morgan fingerprint density at radius 1 is 1.10 bits per heavy atom. The maximum atomic E-state index is 11.0. The maximum Gasteiger partial charge on any atom is 0.335 e. The molecule has 0 spiro atoms. The summed E-state index contributed by atoms with van der Waals surface area (Å²) in [5.41, 5.74) is 2.59. The summed E-state index contributed by atoms with van der Waals surface area (Å²) in [6.45, 7) is 3.13. The summed E-state index contributed by atoms with van der Waals surface area (Å²) in [7, 11) is 0. The fourth-order valence-electron chi connectivity index (χ4n) is 3.13. The number of aromatic carboxylic acids is 1. The van der Waals surface area contributed by atoms with Gasteiger partial charge in [0.2, 0.25) is 0 Å². The molecule has 0 aliphatic carbocycles. The lowest BCUT2D eigenvalue weighted by Gasteiger charge is -2.12. The minimum absolute atomic E-state index is 0.237. The molecule has 0 atom stereocenters. The van der Waals surface area contributed by atoms with E-state index in [9.17, 15) is 4.79 Å². The average Bonchev–Trinajstić information content (AvgIpc) is 3.15. The van der Waals surface area contributed by atoms with Gasteiger partial charge in [-0.3, -0.25) is 0 Å². The number of nitrogens with zero attached hydrogens (tertiary/aromatic N) is 2. The molecule has 0 fully saturated rings. The Morgan fingerprint density at radius 2 is 1.87 bits per heavy atom. The molecule has 1 heterocycles. The second-order valence-electron chi connectivity index (χ2n) is 6.84. The molecule has 5 heteroatoms. The number of carboxylic acid groups (broad SMARTS) is 1. The van der Waals surface area contributed by atoms with E-state index in [1.54, 1.807) is 12.1 Å². The number of benzene rings is 2. The van der Waals surface area contributed by atoms with Crippen molar-refractivity contribution >= 4 is 12.0 Å². The quantitative estimate of drug-likeness (QED) is 0.462. The molecular formula is C25H26N2O3. The molecule has 3 rings (SSSR count). The number of aromatic nitrogens is 2. The van der Waals surface area contributed by atoms with Crippen molar-refractivity contribution in [1.29, 1.82) is 0 Å². The van der Waals surface area contributed by atoms with Crippen LogP contribution in [-0.2, 0) is 19.6 Å². The van der Waals surface area contributed by atoms with Gasteiger partial charge in [-0.1, -0.05) is 48.6 Å². The zero-order valence-corrected chi connectivity index (χ0v) is 17.1. The highest BCUT2D eigenvalue weighted by Gasteiger charge is 2.10. The molecule has 30 heavy (non-hydrogen) atoms. The van der Waals surface area contributed by atoms with Crippen LogP contribution in [0.4, 0.5) is 0 Å². The third-order valence-electron chi connectivity index (χ3n) is 4.70. The number of hydrogen-bond donors (Lipinski definition) is 1. The molecule has 0 unspecified atom stereocenters. The average molecular weight is 402 g/mol. The number of carboxylic acids is 1. The Bertz CT molecular complexity index is 1000. The maximum absolute atomic E-state index is 11.0. The molecule has 0 bridgehead atoms. The van der Waals surface area contributed by atoms with Gasteiger partial charge in [0.25, 0.3) is 0 Å². The molecule has 0 radical (unpaired) electrons. The number of rotatable bonds is 10. The van der Waals surface area contributed by atoms with Gasteiger partial charge in [0.1, 0.15) is 18.2 Å². The third-order valence-corrected chi connectivity index (χ3v) is 4.70. The molecule has 5 nitrogen and oxygen atoms in total. The van der Waals surface area contributed by atoms with Gasteiger partial charge in [0.05, 0.1) is 17.5 Å². The lowest BCUT2D eigenvalue weighted by atomic mass is 10.1. The molecule has 0 aliphatic heterocycles. The largest absolute Gasteiger partial charge is 0.486 e. The van der Waals surface area contributed by atoms with Crippen LogP contribution in [0, 0.1) is 0 Å². The monoisotopic (exact) mass is 402 g/mol. The van der Waals surface area contributed by atoms with Gasteiger partial charge in [-0.2, -0.15) is 0 Å². The van der Waals surface area contributed by atoms with Crippen LogP contribution in [-0.4, -0.2) is 20.6 Å². The number of imidazole rings is 1. The van der Waals surface area contributed by atoms with Crippen molar-refractivity contribution < 1.29 is 14.6 Å². The van der Waals surface area contributed by atoms with Crippen molar-refractivity contribution in [3.05, 3.63) is 102 Å². The van der Waals surface area contributed by atoms with E-state index in [1.807, 2.05) is 43.5 Å². The zero-order valence-electron chi connectivity index (χ0n) is 17.1. The Morgan fingerprint density at radius 3 is 2.57 bits per heavy atom. The molecule has 3 aromatic rings. The van der Waals surface area contributed by atoms with Crippen LogP contribution < -0.4 is 4.74 Å². The lowest BCUT2D eigenvalue weighted by Crippen LogP contribution is -2.10. The van der Waals surface area contributed by atoms with Crippen molar-refractivity contribution in [3.8, 4) is 5.75 Å². The Kier molecular flexibility index (Phi) is 7.61. The van der Waals surface area contributed by atoms with Crippen LogP contribution in [0.25, 0.3) is 6.08 Å². The minimum Gasteiger partial charge on any atom is -0.486 e. The lowest BCUT2D eigenvalue weighted by molar-refractivity contribution is 0.0697. The van der Waals surface area contributed by atoms with Crippen LogP contribution in [0.15, 0.2) is 79.0 Å². The van der Waals surface area contributed by atoms with Crippen LogP contribution in [0.1, 0.15) is 40.8 Å². The molecule has 154 valence electrons. The van der Waals surface area contributed by atoms with E-state index in [-0.39, 0.29) is 5.56 Å². The van der Waals surface area contributed by atoms with Crippen molar-refractivity contribution in [2.45, 2.75) is 32.9 Å². The third kappa shape index (κ3) is 5.95. The van der Waals surface area contributed by atoms with Crippen LogP contribution in [0.2, 0.25) is 0 Å². The number of allylic oxidation sites excluding steroid dienone is 3. The zero-order chi connectivity index (χ0) is 21.2. The van der Waals surface area contributed by atoms with Crippen molar-refractivity contribution in [1.82, 2.24) is 9.55 Å². The van der Waals surface area contributed by atoms with Gasteiger partial charge >= 0.3 is 5.97 Å². The summed E-state index contributed by atoms with van der Waals surface area (Å²) >= 11 is 0. The van der Waals surface area contributed by atoms with Crippen molar-refractivity contribution in [2.75, 3.05) is 0 Å². The fourth-order valence-corrected chi connectivity index (χ4v) is 3.13. The molecule has 0 aliphatic rings. The van der Waals surface area contributed by atoms with E-state index < -0.39 is 5.97 Å². The molecule has 0 saturated heterocycles. The van der Waals surface area contributed by atoms with E-state index in [1.165, 1.54) is 17.7 Å². The summed E-state index contributed by atoms with van der Waals surface area (Å²) in [6, 6.07) is 16.8. The minimum atomic E-state index is -0.951. The predicted molar refractivity (Wildman–Crippen MR) is 119 cm³/mol. The number of carbonyl (C=O) groups is 1. The van der Waals surface area contributed by atoms with E-state index in [0.717, 1.165) is 30.9 Å². The first-order valence-electron chi connectivity index (χ1n) is 10.0. The Hall–Kier alpha value is -3.60. The second kappa shape index (κ2) is 10.8. The first kappa shape index (κ1) is 21.1. The highest BCUT2D eigenvalue weighted by molar-refractivity contribution is 5.87. The first-order valence-corrected chi connectivity index (χ1v) is 10.0. The Labute approximate surface area is 177 Å². The van der Waals surface area contributed by atoms with Gasteiger partial charge in [-0.15, -0.1) is 0 Å². The molecule has 1 aromatic heterocycles. The van der Waals surface area contributed by atoms with E-state index in [0.29, 0.717) is 12.4 Å². The van der Waals surface area contributed by atoms with E-state index in [2.05, 4.69) is 33.8 Å². The van der Waals surface area contributed by atoms with Crippen LogP contribution >= 0.6 is 0 Å². The summed E-state index contributed by atoms with van der Waals surface area (Å²) in [5, 5.41) is 9.01. The topological polar surface area (TPSA) is 64.3 Å². The van der Waals surface area contributed by atoms with E-state index >= 15 is 0 Å². The Balaban J connectivity index is 1.69. The smallest absolute Gasteiger partial charge is 0.335 e. The molecule has 2 aromatic carbocycles. The van der Waals surface area contributed by atoms with Crippen LogP contribution in [0.5, 0.6) is 5.75 Å². The standard InChI is InChI=1S/C25H26N2O3/c1-2-3-5-12-22-18-26-24(19-30-23-15-13-21(14-16-23)25(28)29)27(22)17-8-11-20-9-6-4-7-10-20/h2-7,9-10,12-16,18H,8,11,17,19H2,1H3,(H,28,29)/b3-2-,12-5-. The molecule has 1 N–H and O–H groups in total. The SMILES string of the molecule is C/C=C\C=C/c1cnc(COc2ccc(C(=O)O)cc2)n1CCCc1ccccc1. The highest BCUT2D eigenvalue weighted by atomic mass is 16.5. The second-order valence-corrected chi connectivity index (χ2v) is 6.84. The highest BCUT2D eigenvalue weighted by Crippen LogP contribution is 2.16. The summed E-state index contributed by atoms with van der Waals surface area (Å²) in [4.78, 5) is 15.5. The van der Waals surface area contributed by atoms with Crippen LogP contribution in [0.3, 0.4) is 0 Å². The van der Waals surface area contributed by atoms with Crippen molar-refractivity contribution in [2.24, 2.45) is 0 Å². The van der Waals surface area contributed by atoms with Gasteiger partial charge < -0.3 is 14.4 Å². The van der Waals surface area contributed by atoms with Gasteiger partial charge in [0.15, 0.2) is 0 Å². The fraction of sp³-hybridized carbons (Fsp3) is 0.200. The number of aryl methyl sites for hydroxylation is 1. The van der Waals surface area contributed by atoms with Gasteiger partial charge in [0, 0.05) is 6.54 Å². The number of hydrogen-bond acceptors (Lipinski definition) is 3.